The minimum absolute atomic E-state index is 0. The summed E-state index contributed by atoms with van der Waals surface area (Å²) in [5, 5.41) is 0. The molecule has 0 fully saturated rings. The summed E-state index contributed by atoms with van der Waals surface area (Å²) in [5.41, 5.74) is 5.24. The van der Waals surface area contributed by atoms with Gasteiger partial charge in [-0.1, -0.05) is 54.6 Å². The molecule has 1 aromatic heterocycles. The molecule has 3 aromatic rings. The van der Waals surface area contributed by atoms with Crippen LogP contribution in [0.2, 0.25) is 0 Å². The van der Waals surface area contributed by atoms with Crippen LogP contribution in [0.3, 0.4) is 0 Å². The monoisotopic (exact) mass is 351 g/mol. The highest BCUT2D eigenvalue weighted by Crippen LogP contribution is 2.44. The van der Waals surface area contributed by atoms with Gasteiger partial charge in [-0.05, 0) is 34.4 Å². The van der Waals surface area contributed by atoms with E-state index >= 15 is 0 Å². The molecule has 126 valence electrons. The van der Waals surface area contributed by atoms with Crippen LogP contribution in [0.5, 0.6) is 0 Å². The van der Waals surface area contributed by atoms with E-state index in [-0.39, 0.29) is 24.3 Å². The quantitative estimate of drug-likeness (QED) is 0.654. The van der Waals surface area contributed by atoms with Crippen molar-refractivity contribution in [3.05, 3.63) is 89.7 Å². The minimum Gasteiger partial charge on any atom is -0.465 e. The highest BCUT2D eigenvalue weighted by atomic mass is 35.5. The molecule has 2 aromatic carbocycles. The van der Waals surface area contributed by atoms with Crippen molar-refractivity contribution in [3.8, 4) is 11.1 Å². The number of rotatable bonds is 4. The molecule has 0 atom stereocenters. The largest absolute Gasteiger partial charge is 0.465 e. The number of ether oxygens (including phenoxy) is 1. The van der Waals surface area contributed by atoms with Crippen LogP contribution < -0.4 is 0 Å². The summed E-state index contributed by atoms with van der Waals surface area (Å²) >= 11 is 0. The summed E-state index contributed by atoms with van der Waals surface area (Å²) in [5.74, 6) is -0.524. The molecule has 4 rings (SSSR count). The molecule has 25 heavy (non-hydrogen) atoms. The molecule has 0 N–H and O–H groups in total. The molecule has 1 aliphatic rings. The van der Waals surface area contributed by atoms with Crippen LogP contribution in [-0.2, 0) is 16.0 Å². The molecular formula is C21H18ClNO2. The zero-order chi connectivity index (χ0) is 16.4. The van der Waals surface area contributed by atoms with Crippen molar-refractivity contribution in [1.82, 2.24) is 4.98 Å². The standard InChI is InChI=1S/C21H17NO2.ClH/c23-21(24-14-12-15-7-5-6-13-22-15)20-18-10-3-1-8-16(18)17-9-2-4-11-19(17)20;/h1-11,13,20H,12,14H2;1H. The number of fused-ring (bicyclic) bond motifs is 3. The smallest absolute Gasteiger partial charge is 0.317 e. The van der Waals surface area contributed by atoms with E-state index in [9.17, 15) is 4.79 Å². The lowest BCUT2D eigenvalue weighted by atomic mass is 9.97. The van der Waals surface area contributed by atoms with Gasteiger partial charge in [-0.3, -0.25) is 9.78 Å². The van der Waals surface area contributed by atoms with Crippen molar-refractivity contribution >= 4 is 18.4 Å². The van der Waals surface area contributed by atoms with Crippen molar-refractivity contribution in [2.24, 2.45) is 0 Å². The molecule has 0 aliphatic heterocycles. The highest BCUT2D eigenvalue weighted by molar-refractivity contribution is 5.93. The van der Waals surface area contributed by atoms with E-state index in [1.54, 1.807) is 6.20 Å². The number of carbonyl (C=O) groups excluding carboxylic acids is 1. The van der Waals surface area contributed by atoms with Crippen molar-refractivity contribution in [2.75, 3.05) is 6.61 Å². The van der Waals surface area contributed by atoms with Gasteiger partial charge in [0.05, 0.1) is 6.61 Å². The third kappa shape index (κ3) is 3.28. The molecule has 0 saturated carbocycles. The number of aromatic nitrogens is 1. The Morgan fingerprint density at radius 3 is 2.08 bits per heavy atom. The number of halogens is 1. The lowest BCUT2D eigenvalue weighted by Crippen LogP contribution is -2.17. The van der Waals surface area contributed by atoms with Gasteiger partial charge >= 0.3 is 5.97 Å². The molecule has 0 bridgehead atoms. The first kappa shape index (κ1) is 17.2. The Bertz CT molecular complexity index is 834. The topological polar surface area (TPSA) is 39.2 Å². The average molecular weight is 352 g/mol. The fourth-order valence-corrected chi connectivity index (χ4v) is 3.30. The van der Waals surface area contributed by atoms with E-state index < -0.39 is 0 Å². The molecule has 4 heteroatoms. The van der Waals surface area contributed by atoms with Gasteiger partial charge < -0.3 is 4.74 Å². The predicted octanol–water partition coefficient (Wildman–Crippen LogP) is 4.40. The van der Waals surface area contributed by atoms with E-state index in [0.717, 1.165) is 27.9 Å². The van der Waals surface area contributed by atoms with Crippen LogP contribution in [0.25, 0.3) is 11.1 Å². The normalized spacial score (nSPS) is 12.0. The molecule has 1 aliphatic carbocycles. The second-order valence-corrected chi connectivity index (χ2v) is 5.85. The van der Waals surface area contributed by atoms with Crippen molar-refractivity contribution in [3.63, 3.8) is 0 Å². The van der Waals surface area contributed by atoms with E-state index in [0.29, 0.717) is 13.0 Å². The van der Waals surface area contributed by atoms with Crippen LogP contribution in [0.1, 0.15) is 22.7 Å². The van der Waals surface area contributed by atoms with E-state index in [2.05, 4.69) is 17.1 Å². The average Bonchev–Trinajstić information content (AvgIpc) is 2.97. The van der Waals surface area contributed by atoms with Gasteiger partial charge in [0, 0.05) is 18.3 Å². The molecule has 3 nitrogen and oxygen atoms in total. The van der Waals surface area contributed by atoms with Crippen LogP contribution in [0, 0.1) is 0 Å². The van der Waals surface area contributed by atoms with E-state index in [4.69, 9.17) is 4.74 Å². The van der Waals surface area contributed by atoms with Gasteiger partial charge in [0.1, 0.15) is 5.92 Å². The summed E-state index contributed by atoms with van der Waals surface area (Å²) in [7, 11) is 0. The SMILES string of the molecule is Cl.O=C(OCCc1ccccn1)C1c2ccccc2-c2ccccc21. The second kappa shape index (κ2) is 7.49. The lowest BCUT2D eigenvalue weighted by molar-refractivity contribution is -0.144. The number of esters is 1. The minimum atomic E-state index is -0.332. The number of pyridine rings is 1. The number of benzene rings is 2. The molecule has 0 unspecified atom stereocenters. The summed E-state index contributed by atoms with van der Waals surface area (Å²) in [6.45, 7) is 0.344. The Morgan fingerprint density at radius 1 is 0.880 bits per heavy atom. The Hall–Kier alpha value is -2.65. The first-order chi connectivity index (χ1) is 11.8. The van der Waals surface area contributed by atoms with Gasteiger partial charge in [0.2, 0.25) is 0 Å². The van der Waals surface area contributed by atoms with Gasteiger partial charge in [-0.25, -0.2) is 0 Å². The molecular weight excluding hydrogens is 334 g/mol. The van der Waals surface area contributed by atoms with Crippen LogP contribution in [0.4, 0.5) is 0 Å². The van der Waals surface area contributed by atoms with E-state index in [1.807, 2.05) is 54.6 Å². The number of nitrogens with zero attached hydrogens (tertiary/aromatic N) is 1. The first-order valence-corrected chi connectivity index (χ1v) is 8.09. The molecule has 0 spiro atoms. The predicted molar refractivity (Wildman–Crippen MR) is 99.9 cm³/mol. The molecule has 0 amide bonds. The Labute approximate surface area is 153 Å². The van der Waals surface area contributed by atoms with E-state index in [1.165, 1.54) is 0 Å². The first-order valence-electron chi connectivity index (χ1n) is 8.09. The Morgan fingerprint density at radius 2 is 1.48 bits per heavy atom. The number of carbonyl (C=O) groups is 1. The summed E-state index contributed by atoms with van der Waals surface area (Å²) in [4.78, 5) is 17.0. The van der Waals surface area contributed by atoms with Crippen molar-refractivity contribution < 1.29 is 9.53 Å². The third-order valence-corrected chi connectivity index (χ3v) is 4.40. The zero-order valence-corrected chi connectivity index (χ0v) is 14.4. The maximum atomic E-state index is 12.7. The fraction of sp³-hybridized carbons (Fsp3) is 0.143. The molecule has 1 heterocycles. The Kier molecular flexibility index (Phi) is 5.15. The van der Waals surface area contributed by atoms with Crippen LogP contribution in [-0.4, -0.2) is 17.6 Å². The fourth-order valence-electron chi connectivity index (χ4n) is 3.30. The molecule has 0 saturated heterocycles. The van der Waals surface area contributed by atoms with Gasteiger partial charge in [-0.2, -0.15) is 0 Å². The van der Waals surface area contributed by atoms with Crippen LogP contribution >= 0.6 is 12.4 Å². The summed E-state index contributed by atoms with van der Waals surface area (Å²) < 4.78 is 5.56. The zero-order valence-electron chi connectivity index (χ0n) is 13.6. The van der Waals surface area contributed by atoms with Gasteiger partial charge in [0.25, 0.3) is 0 Å². The molecule has 0 radical (unpaired) electrons. The summed E-state index contributed by atoms with van der Waals surface area (Å²) in [6.07, 6.45) is 2.38. The van der Waals surface area contributed by atoms with Crippen molar-refractivity contribution in [1.29, 1.82) is 0 Å². The lowest BCUT2D eigenvalue weighted by Gasteiger charge is -2.13. The third-order valence-electron chi connectivity index (χ3n) is 4.40. The Balaban J connectivity index is 0.00000182. The highest BCUT2D eigenvalue weighted by Gasteiger charge is 2.34. The summed E-state index contributed by atoms with van der Waals surface area (Å²) in [6, 6.07) is 21.9. The van der Waals surface area contributed by atoms with Crippen LogP contribution in [0.15, 0.2) is 72.9 Å². The van der Waals surface area contributed by atoms with Crippen molar-refractivity contribution in [2.45, 2.75) is 12.3 Å². The second-order valence-electron chi connectivity index (χ2n) is 5.85. The van der Waals surface area contributed by atoms with Gasteiger partial charge in [-0.15, -0.1) is 12.4 Å². The number of hydrogen-bond donors (Lipinski definition) is 0. The maximum absolute atomic E-state index is 12.7. The maximum Gasteiger partial charge on any atom is 0.317 e. The number of hydrogen-bond acceptors (Lipinski definition) is 3. The van der Waals surface area contributed by atoms with Gasteiger partial charge in [0.15, 0.2) is 0 Å².